The minimum Gasteiger partial charge on any atom is -0.493 e. The number of methoxy groups -OCH3 is 1. The molecule has 30 heavy (non-hydrogen) atoms. The molecule has 0 fully saturated rings. The second-order valence-corrected chi connectivity index (χ2v) is 7.90. The van der Waals surface area contributed by atoms with Gasteiger partial charge in [0, 0.05) is 28.3 Å². The van der Waals surface area contributed by atoms with Crippen LogP contribution in [0.5, 0.6) is 23.0 Å². The standard InChI is InChI=1S/C24H24BrNO4/c1-16-3-5-17(6-4-16)15-30-24-19(20(25)8-10-22(24)27-2)14-26-18-7-9-21-23(13-18)29-12-11-28-21/h3-10,13,26H,11-12,14-15H2,1-2H3. The van der Waals surface area contributed by atoms with Gasteiger partial charge < -0.3 is 24.3 Å². The Morgan fingerprint density at radius 3 is 2.50 bits per heavy atom. The zero-order valence-corrected chi connectivity index (χ0v) is 18.6. The summed E-state index contributed by atoms with van der Waals surface area (Å²) >= 11 is 3.66. The number of hydrogen-bond acceptors (Lipinski definition) is 5. The molecule has 1 N–H and O–H groups in total. The van der Waals surface area contributed by atoms with E-state index in [2.05, 4.69) is 52.4 Å². The summed E-state index contributed by atoms with van der Waals surface area (Å²) in [6.45, 7) is 4.24. The van der Waals surface area contributed by atoms with Crippen LogP contribution in [0.2, 0.25) is 0 Å². The van der Waals surface area contributed by atoms with Crippen molar-refractivity contribution in [3.63, 3.8) is 0 Å². The number of rotatable bonds is 7. The van der Waals surface area contributed by atoms with Crippen molar-refractivity contribution in [2.75, 3.05) is 25.6 Å². The van der Waals surface area contributed by atoms with Crippen LogP contribution in [0.15, 0.2) is 59.1 Å². The Bertz CT molecular complexity index is 1020. The molecule has 0 aliphatic carbocycles. The number of benzene rings is 3. The Kier molecular flexibility index (Phi) is 6.33. The fourth-order valence-corrected chi connectivity index (χ4v) is 3.70. The number of fused-ring (bicyclic) bond motifs is 1. The Morgan fingerprint density at radius 2 is 1.73 bits per heavy atom. The van der Waals surface area contributed by atoms with Crippen molar-refractivity contribution >= 4 is 21.6 Å². The molecule has 1 aliphatic heterocycles. The van der Waals surface area contributed by atoms with Gasteiger partial charge in [0.25, 0.3) is 0 Å². The Labute approximate surface area is 185 Å². The van der Waals surface area contributed by atoms with E-state index in [0.29, 0.717) is 32.1 Å². The zero-order valence-electron chi connectivity index (χ0n) is 17.0. The molecule has 0 saturated carbocycles. The molecule has 1 heterocycles. The molecule has 0 unspecified atom stereocenters. The lowest BCUT2D eigenvalue weighted by Gasteiger charge is -2.20. The molecular formula is C24H24BrNO4. The number of hydrogen-bond donors (Lipinski definition) is 1. The topological polar surface area (TPSA) is 49.0 Å². The summed E-state index contributed by atoms with van der Waals surface area (Å²) in [5.74, 6) is 2.95. The van der Waals surface area contributed by atoms with Crippen LogP contribution in [0, 0.1) is 6.92 Å². The van der Waals surface area contributed by atoms with Gasteiger partial charge in [0.1, 0.15) is 19.8 Å². The lowest BCUT2D eigenvalue weighted by Crippen LogP contribution is -2.15. The van der Waals surface area contributed by atoms with Gasteiger partial charge >= 0.3 is 0 Å². The molecule has 0 saturated heterocycles. The van der Waals surface area contributed by atoms with Crippen LogP contribution in [0.1, 0.15) is 16.7 Å². The Hall–Kier alpha value is -2.86. The highest BCUT2D eigenvalue weighted by Crippen LogP contribution is 2.38. The highest BCUT2D eigenvalue weighted by molar-refractivity contribution is 9.10. The molecule has 0 spiro atoms. The SMILES string of the molecule is COc1ccc(Br)c(CNc2ccc3c(c2)OCCO3)c1OCc1ccc(C)cc1. The maximum Gasteiger partial charge on any atom is 0.167 e. The third-order valence-corrected chi connectivity index (χ3v) is 5.65. The van der Waals surface area contributed by atoms with Crippen LogP contribution < -0.4 is 24.3 Å². The number of aryl methyl sites for hydroxylation is 1. The third kappa shape index (κ3) is 4.65. The van der Waals surface area contributed by atoms with Gasteiger partial charge in [-0.15, -0.1) is 0 Å². The molecule has 0 bridgehead atoms. The lowest BCUT2D eigenvalue weighted by molar-refractivity contribution is 0.171. The second-order valence-electron chi connectivity index (χ2n) is 7.04. The fraction of sp³-hybridized carbons (Fsp3) is 0.250. The first-order valence-electron chi connectivity index (χ1n) is 9.81. The number of anilines is 1. The van der Waals surface area contributed by atoms with Gasteiger partial charge in [-0.05, 0) is 36.8 Å². The van der Waals surface area contributed by atoms with Crippen molar-refractivity contribution < 1.29 is 18.9 Å². The first kappa shape index (κ1) is 20.4. The highest BCUT2D eigenvalue weighted by Gasteiger charge is 2.16. The van der Waals surface area contributed by atoms with Crippen LogP contribution in [-0.2, 0) is 13.2 Å². The number of nitrogens with one attached hydrogen (secondary N) is 1. The predicted molar refractivity (Wildman–Crippen MR) is 121 cm³/mol. The summed E-state index contributed by atoms with van der Waals surface area (Å²) in [7, 11) is 1.65. The smallest absolute Gasteiger partial charge is 0.167 e. The van der Waals surface area contributed by atoms with E-state index in [1.54, 1.807) is 7.11 Å². The van der Waals surface area contributed by atoms with Crippen LogP contribution in [0.4, 0.5) is 5.69 Å². The number of ether oxygens (including phenoxy) is 4. The Morgan fingerprint density at radius 1 is 0.967 bits per heavy atom. The molecule has 0 amide bonds. The van der Waals surface area contributed by atoms with E-state index in [1.807, 2.05) is 30.3 Å². The van der Waals surface area contributed by atoms with Crippen LogP contribution in [-0.4, -0.2) is 20.3 Å². The minimum absolute atomic E-state index is 0.462. The van der Waals surface area contributed by atoms with Crippen molar-refractivity contribution in [1.29, 1.82) is 0 Å². The van der Waals surface area contributed by atoms with Gasteiger partial charge in [-0.3, -0.25) is 0 Å². The van der Waals surface area contributed by atoms with E-state index in [4.69, 9.17) is 18.9 Å². The third-order valence-electron chi connectivity index (χ3n) is 4.90. The van der Waals surface area contributed by atoms with Gasteiger partial charge in [-0.1, -0.05) is 45.8 Å². The molecule has 1 aliphatic rings. The number of halogens is 1. The van der Waals surface area contributed by atoms with Crippen LogP contribution >= 0.6 is 15.9 Å². The van der Waals surface area contributed by atoms with E-state index >= 15 is 0 Å². The lowest BCUT2D eigenvalue weighted by atomic mass is 10.1. The molecule has 3 aromatic carbocycles. The fourth-order valence-electron chi connectivity index (χ4n) is 3.25. The Balaban J connectivity index is 1.53. The van der Waals surface area contributed by atoms with E-state index in [0.717, 1.165) is 38.5 Å². The predicted octanol–water partition coefficient (Wildman–Crippen LogP) is 5.73. The van der Waals surface area contributed by atoms with Crippen molar-refractivity contribution in [3.05, 3.63) is 75.8 Å². The molecule has 3 aromatic rings. The molecule has 0 aromatic heterocycles. The molecule has 0 radical (unpaired) electrons. The first-order chi connectivity index (χ1) is 14.6. The van der Waals surface area contributed by atoms with Gasteiger partial charge in [0.2, 0.25) is 0 Å². The molecule has 0 atom stereocenters. The molecule has 4 rings (SSSR count). The summed E-state index contributed by atoms with van der Waals surface area (Å²) in [6.07, 6.45) is 0. The maximum atomic E-state index is 6.21. The van der Waals surface area contributed by atoms with Crippen LogP contribution in [0.3, 0.4) is 0 Å². The van der Waals surface area contributed by atoms with E-state index in [1.165, 1.54) is 5.56 Å². The quantitative estimate of drug-likeness (QED) is 0.478. The largest absolute Gasteiger partial charge is 0.493 e. The summed E-state index contributed by atoms with van der Waals surface area (Å²) in [6, 6.07) is 18.1. The van der Waals surface area contributed by atoms with Crippen LogP contribution in [0.25, 0.3) is 0 Å². The van der Waals surface area contributed by atoms with E-state index in [9.17, 15) is 0 Å². The normalized spacial score (nSPS) is 12.4. The molecule has 5 nitrogen and oxygen atoms in total. The van der Waals surface area contributed by atoms with Crippen molar-refractivity contribution in [1.82, 2.24) is 0 Å². The first-order valence-corrected chi connectivity index (χ1v) is 10.6. The van der Waals surface area contributed by atoms with Crippen molar-refractivity contribution in [3.8, 4) is 23.0 Å². The summed E-state index contributed by atoms with van der Waals surface area (Å²) in [5.41, 5.74) is 4.26. The summed E-state index contributed by atoms with van der Waals surface area (Å²) < 4.78 is 24.0. The van der Waals surface area contributed by atoms with Gasteiger partial charge in [-0.2, -0.15) is 0 Å². The van der Waals surface area contributed by atoms with Gasteiger partial charge in [0.15, 0.2) is 23.0 Å². The van der Waals surface area contributed by atoms with E-state index < -0.39 is 0 Å². The minimum atomic E-state index is 0.462. The molecule has 6 heteroatoms. The molecule has 156 valence electrons. The second kappa shape index (κ2) is 9.30. The highest BCUT2D eigenvalue weighted by atomic mass is 79.9. The maximum absolute atomic E-state index is 6.21. The molecular weight excluding hydrogens is 446 g/mol. The van der Waals surface area contributed by atoms with Gasteiger partial charge in [0.05, 0.1) is 7.11 Å². The average molecular weight is 470 g/mol. The summed E-state index contributed by atoms with van der Waals surface area (Å²) in [4.78, 5) is 0. The van der Waals surface area contributed by atoms with Crippen molar-refractivity contribution in [2.45, 2.75) is 20.1 Å². The van der Waals surface area contributed by atoms with Crippen molar-refractivity contribution in [2.24, 2.45) is 0 Å². The van der Waals surface area contributed by atoms with Gasteiger partial charge in [-0.25, -0.2) is 0 Å². The summed E-state index contributed by atoms with van der Waals surface area (Å²) in [5, 5.41) is 3.45. The average Bonchev–Trinajstić information content (AvgIpc) is 2.78. The monoisotopic (exact) mass is 469 g/mol. The zero-order chi connectivity index (χ0) is 20.9. The van der Waals surface area contributed by atoms with E-state index in [-0.39, 0.29) is 0 Å².